The van der Waals surface area contributed by atoms with Crippen LogP contribution in [0, 0.1) is 5.92 Å². The topological polar surface area (TPSA) is 37.3 Å². The molecule has 1 atom stereocenters. The second kappa shape index (κ2) is 5.69. The number of fused-ring (bicyclic) bond motifs is 1. The van der Waals surface area contributed by atoms with Crippen LogP contribution < -0.4 is 0 Å². The maximum atomic E-state index is 12.1. The first kappa shape index (κ1) is 12.7. The van der Waals surface area contributed by atoms with Gasteiger partial charge in [0.1, 0.15) is 0 Å². The molecule has 1 aromatic rings. The van der Waals surface area contributed by atoms with Gasteiger partial charge in [-0.15, -0.1) is 11.8 Å². The molecular weight excluding hydrogens is 232 g/mol. The van der Waals surface area contributed by atoms with E-state index in [1.54, 1.807) is 0 Å². The van der Waals surface area contributed by atoms with Gasteiger partial charge in [0.05, 0.1) is 6.61 Å². The Kier molecular flexibility index (Phi) is 4.24. The second-order valence-corrected chi connectivity index (χ2v) is 5.56. The zero-order valence-corrected chi connectivity index (χ0v) is 10.9. The molecule has 3 heteroatoms. The summed E-state index contributed by atoms with van der Waals surface area (Å²) >= 11 is 1.87. The fraction of sp³-hybridized carbons (Fsp3) is 0.500. The Hall–Kier alpha value is -0.800. The predicted octanol–water partition coefficient (Wildman–Crippen LogP) is 2.93. The maximum Gasteiger partial charge on any atom is 0.168 e. The highest BCUT2D eigenvalue weighted by Crippen LogP contribution is 2.31. The second-order valence-electron chi connectivity index (χ2n) is 4.43. The van der Waals surface area contributed by atoms with Crippen LogP contribution in [0.25, 0.3) is 0 Å². The smallest absolute Gasteiger partial charge is 0.168 e. The van der Waals surface area contributed by atoms with Crippen molar-refractivity contribution in [2.24, 2.45) is 5.92 Å². The number of rotatable bonds is 4. The van der Waals surface area contributed by atoms with E-state index in [1.165, 1.54) is 22.6 Å². The normalized spacial score (nSPS) is 16.4. The number of thioether (sulfide) groups is 1. The summed E-state index contributed by atoms with van der Waals surface area (Å²) in [6.45, 7) is 1.88. The number of aliphatic hydroxyl groups excluding tert-OH is 1. The molecule has 0 bridgehead atoms. The molecule has 92 valence electrons. The number of carbonyl (C=O) groups is 1. The molecule has 1 aliphatic rings. The molecule has 1 unspecified atom stereocenters. The Balaban J connectivity index is 2.24. The third kappa shape index (κ3) is 2.72. The third-order valence-electron chi connectivity index (χ3n) is 3.28. The summed E-state index contributed by atoms with van der Waals surface area (Å²) in [5.41, 5.74) is 2.05. The largest absolute Gasteiger partial charge is 0.396 e. The summed E-state index contributed by atoms with van der Waals surface area (Å²) in [7, 11) is 0. The Morgan fingerprint density at radius 2 is 2.35 bits per heavy atom. The van der Waals surface area contributed by atoms with Crippen molar-refractivity contribution in [3.05, 3.63) is 29.3 Å². The lowest BCUT2D eigenvalue weighted by atomic mass is 9.94. The summed E-state index contributed by atoms with van der Waals surface area (Å²) in [6.07, 6.45) is 2.95. The van der Waals surface area contributed by atoms with Gasteiger partial charge in [-0.05, 0) is 42.7 Å². The monoisotopic (exact) mass is 250 g/mol. The van der Waals surface area contributed by atoms with Crippen molar-refractivity contribution in [3.8, 4) is 0 Å². The number of hydrogen-bond acceptors (Lipinski definition) is 3. The molecule has 0 saturated carbocycles. The van der Waals surface area contributed by atoms with Gasteiger partial charge < -0.3 is 5.11 Å². The van der Waals surface area contributed by atoms with Crippen molar-refractivity contribution in [1.29, 1.82) is 0 Å². The number of hydrogen-bond donors (Lipinski definition) is 1. The summed E-state index contributed by atoms with van der Waals surface area (Å²) in [6, 6.07) is 5.97. The highest BCUT2D eigenvalue weighted by Gasteiger charge is 2.19. The van der Waals surface area contributed by atoms with E-state index in [2.05, 4.69) is 6.07 Å². The number of ketones is 1. The Morgan fingerprint density at radius 3 is 3.06 bits per heavy atom. The van der Waals surface area contributed by atoms with E-state index < -0.39 is 0 Å². The fourth-order valence-corrected chi connectivity index (χ4v) is 3.17. The van der Waals surface area contributed by atoms with Crippen molar-refractivity contribution in [2.45, 2.75) is 31.1 Å². The fourth-order valence-electron chi connectivity index (χ4n) is 2.15. The molecule has 0 aromatic heterocycles. The summed E-state index contributed by atoms with van der Waals surface area (Å²) in [4.78, 5) is 13.4. The zero-order chi connectivity index (χ0) is 12.3. The molecule has 1 heterocycles. The van der Waals surface area contributed by atoms with Gasteiger partial charge in [0.2, 0.25) is 0 Å². The van der Waals surface area contributed by atoms with E-state index in [4.69, 9.17) is 0 Å². The first-order valence-corrected chi connectivity index (χ1v) is 7.15. The van der Waals surface area contributed by atoms with Crippen LogP contribution in [-0.4, -0.2) is 23.2 Å². The van der Waals surface area contributed by atoms with Crippen molar-refractivity contribution < 1.29 is 9.90 Å². The minimum Gasteiger partial charge on any atom is -0.396 e. The van der Waals surface area contributed by atoms with E-state index in [0.717, 1.165) is 12.0 Å². The molecule has 1 aromatic carbocycles. The third-order valence-corrected chi connectivity index (χ3v) is 4.48. The highest BCUT2D eigenvalue weighted by atomic mass is 32.2. The van der Waals surface area contributed by atoms with Crippen LogP contribution in [0.15, 0.2) is 23.1 Å². The number of carbonyl (C=O) groups excluding carboxylic acids is 1. The molecule has 1 aliphatic heterocycles. The van der Waals surface area contributed by atoms with E-state index in [0.29, 0.717) is 6.42 Å². The van der Waals surface area contributed by atoms with Crippen molar-refractivity contribution in [1.82, 2.24) is 0 Å². The maximum absolute atomic E-state index is 12.1. The number of aryl methyl sites for hydroxylation is 1. The Morgan fingerprint density at radius 1 is 1.53 bits per heavy atom. The van der Waals surface area contributed by atoms with Gasteiger partial charge in [-0.3, -0.25) is 4.79 Å². The number of benzene rings is 1. The minimum atomic E-state index is -0.246. The van der Waals surface area contributed by atoms with Gasteiger partial charge in [0.15, 0.2) is 5.78 Å². The lowest BCUT2D eigenvalue weighted by Crippen LogP contribution is -2.18. The molecule has 2 rings (SSSR count). The van der Waals surface area contributed by atoms with Gasteiger partial charge in [0, 0.05) is 16.4 Å². The Labute approximate surface area is 106 Å². The molecule has 0 saturated heterocycles. The van der Waals surface area contributed by atoms with Crippen LogP contribution in [0.2, 0.25) is 0 Å². The SMILES string of the molecule is CCC(CO)C(=O)c1ccc2c(c1)CCCS2. The molecule has 17 heavy (non-hydrogen) atoms. The lowest BCUT2D eigenvalue weighted by Gasteiger charge is -2.17. The molecule has 1 N–H and O–H groups in total. The van der Waals surface area contributed by atoms with Gasteiger partial charge in [-0.1, -0.05) is 13.0 Å². The van der Waals surface area contributed by atoms with E-state index in [9.17, 15) is 9.90 Å². The lowest BCUT2D eigenvalue weighted by molar-refractivity contribution is 0.0856. The first-order chi connectivity index (χ1) is 8.26. The summed E-state index contributed by atoms with van der Waals surface area (Å²) < 4.78 is 0. The zero-order valence-electron chi connectivity index (χ0n) is 10.1. The molecule has 0 fully saturated rings. The number of aliphatic hydroxyl groups is 1. The van der Waals surface area contributed by atoms with Crippen LogP contribution in [0.1, 0.15) is 35.7 Å². The first-order valence-electron chi connectivity index (χ1n) is 6.17. The standard InChI is InChI=1S/C14H18O2S/c1-2-10(9-15)14(16)12-5-6-13-11(8-12)4-3-7-17-13/h5-6,8,10,15H,2-4,7,9H2,1H3. The average molecular weight is 250 g/mol. The molecule has 0 amide bonds. The van der Waals surface area contributed by atoms with E-state index >= 15 is 0 Å². The van der Waals surface area contributed by atoms with Crippen molar-refractivity contribution >= 4 is 17.5 Å². The van der Waals surface area contributed by atoms with Gasteiger partial charge in [-0.25, -0.2) is 0 Å². The molecule has 0 radical (unpaired) electrons. The highest BCUT2D eigenvalue weighted by molar-refractivity contribution is 7.99. The van der Waals surface area contributed by atoms with Gasteiger partial charge >= 0.3 is 0 Å². The van der Waals surface area contributed by atoms with Crippen molar-refractivity contribution in [3.63, 3.8) is 0 Å². The van der Waals surface area contributed by atoms with Gasteiger partial charge in [-0.2, -0.15) is 0 Å². The van der Waals surface area contributed by atoms with E-state index in [-0.39, 0.29) is 18.3 Å². The quantitative estimate of drug-likeness (QED) is 0.835. The van der Waals surface area contributed by atoms with Crippen molar-refractivity contribution in [2.75, 3.05) is 12.4 Å². The Bertz CT molecular complexity index is 411. The van der Waals surface area contributed by atoms with Crippen LogP contribution >= 0.6 is 11.8 Å². The van der Waals surface area contributed by atoms with E-state index in [1.807, 2.05) is 30.8 Å². The molecule has 0 aliphatic carbocycles. The summed E-state index contributed by atoms with van der Waals surface area (Å²) in [5.74, 6) is 1.01. The predicted molar refractivity (Wildman–Crippen MR) is 70.7 cm³/mol. The van der Waals surface area contributed by atoms with Crippen LogP contribution in [0.3, 0.4) is 0 Å². The molecular formula is C14H18O2S. The van der Waals surface area contributed by atoms with Crippen LogP contribution in [0.4, 0.5) is 0 Å². The minimum absolute atomic E-state index is 0.0544. The number of Topliss-reactive ketones (excluding diaryl/α,β-unsaturated/α-hetero) is 1. The average Bonchev–Trinajstić information content (AvgIpc) is 2.39. The van der Waals surface area contributed by atoms with Crippen LogP contribution in [-0.2, 0) is 6.42 Å². The molecule has 2 nitrogen and oxygen atoms in total. The van der Waals surface area contributed by atoms with Gasteiger partial charge in [0.25, 0.3) is 0 Å². The summed E-state index contributed by atoms with van der Waals surface area (Å²) in [5, 5.41) is 9.17. The molecule has 0 spiro atoms. The van der Waals surface area contributed by atoms with Crippen LogP contribution in [0.5, 0.6) is 0 Å².